The lowest BCUT2D eigenvalue weighted by Gasteiger charge is -2.16. The molecule has 0 aromatic heterocycles. The van der Waals surface area contributed by atoms with Crippen molar-refractivity contribution in [2.24, 2.45) is 5.73 Å². The van der Waals surface area contributed by atoms with Crippen molar-refractivity contribution < 1.29 is 14.4 Å². The van der Waals surface area contributed by atoms with E-state index in [-0.39, 0.29) is 17.9 Å². The van der Waals surface area contributed by atoms with Crippen LogP contribution in [0.15, 0.2) is 0 Å². The summed E-state index contributed by atoms with van der Waals surface area (Å²) in [6.07, 6.45) is 8.54. The summed E-state index contributed by atoms with van der Waals surface area (Å²) in [5.74, 6) is 1.62. The number of thioether (sulfide) groups is 1. The van der Waals surface area contributed by atoms with Crippen LogP contribution >= 0.6 is 11.8 Å². The Balaban J connectivity index is 0.000000331. The minimum atomic E-state index is -0.0200. The summed E-state index contributed by atoms with van der Waals surface area (Å²) in [6.45, 7) is 4.38. The second kappa shape index (κ2) is 14.8. The van der Waals surface area contributed by atoms with E-state index in [1.165, 1.54) is 0 Å². The first-order valence-electron chi connectivity index (χ1n) is 11.0. The fraction of sp³-hybridized carbons (Fsp3) is 0.857. The Labute approximate surface area is 180 Å². The Morgan fingerprint density at radius 2 is 1.97 bits per heavy atom. The van der Waals surface area contributed by atoms with Gasteiger partial charge in [0.05, 0.1) is 18.1 Å². The third-order valence-corrected chi connectivity index (χ3v) is 6.96. The normalized spacial score (nSPS) is 23.4. The molecular formula is C21H40N4O3S. The second-order valence-electron chi connectivity index (χ2n) is 7.89. The van der Waals surface area contributed by atoms with Crippen LogP contribution in [-0.2, 0) is 9.59 Å². The smallest absolute Gasteiger partial charge is 0.315 e. The van der Waals surface area contributed by atoms with Gasteiger partial charge in [-0.25, -0.2) is 4.79 Å². The van der Waals surface area contributed by atoms with Crippen molar-refractivity contribution in [1.29, 1.82) is 0 Å². The zero-order chi connectivity index (χ0) is 21.6. The maximum atomic E-state index is 11.4. The van der Waals surface area contributed by atoms with E-state index in [4.69, 9.17) is 5.73 Å². The Bertz CT molecular complexity index is 518. The van der Waals surface area contributed by atoms with Gasteiger partial charge in [-0.05, 0) is 52.6 Å². The van der Waals surface area contributed by atoms with Crippen LogP contribution < -0.4 is 21.7 Å². The number of hydrogen-bond donors (Lipinski definition) is 4. The first-order valence-corrected chi connectivity index (χ1v) is 12.1. The second-order valence-corrected chi connectivity index (χ2v) is 9.16. The van der Waals surface area contributed by atoms with Gasteiger partial charge in [-0.15, -0.1) is 0 Å². The predicted molar refractivity (Wildman–Crippen MR) is 120 cm³/mol. The molecule has 5 N–H and O–H groups in total. The highest BCUT2D eigenvalue weighted by Gasteiger charge is 2.42. The van der Waals surface area contributed by atoms with Gasteiger partial charge in [-0.1, -0.05) is 19.8 Å². The van der Waals surface area contributed by atoms with Crippen LogP contribution in [0.3, 0.4) is 0 Å². The van der Waals surface area contributed by atoms with Gasteiger partial charge in [0, 0.05) is 23.8 Å². The molecule has 2 amide bonds. The lowest BCUT2D eigenvalue weighted by Crippen LogP contribution is -2.36. The number of hydrogen-bond acceptors (Lipinski definition) is 6. The standard InChI is InChI=1S/C13H22N2O2S.C8H18N2O/c1-2-5-9(16)6-3-4-7-11-12-10(8-18-11)14-13(17)15-12;1-7(11)8(10-2)5-3-4-6-9/h10-12H,2-8H2,1H3,(H2,14,15,17);8,10H,3-6,9H2,1-2H3/t10-,11-,12-;/m0./s1. The van der Waals surface area contributed by atoms with Crippen LogP contribution in [0, 0.1) is 0 Å². The number of urea groups is 1. The molecular weight excluding hydrogens is 388 g/mol. The van der Waals surface area contributed by atoms with Gasteiger partial charge in [-0.2, -0.15) is 11.8 Å². The van der Waals surface area contributed by atoms with E-state index < -0.39 is 0 Å². The highest BCUT2D eigenvalue weighted by molar-refractivity contribution is 8.00. The van der Waals surface area contributed by atoms with Gasteiger partial charge in [0.25, 0.3) is 0 Å². The number of carbonyl (C=O) groups is 3. The summed E-state index contributed by atoms with van der Waals surface area (Å²) >= 11 is 1.94. The largest absolute Gasteiger partial charge is 0.332 e. The molecule has 0 saturated carbocycles. The molecule has 1 unspecified atom stereocenters. The highest BCUT2D eigenvalue weighted by atomic mass is 32.2. The number of nitrogens with one attached hydrogen (secondary N) is 3. The molecule has 0 aromatic carbocycles. The Kier molecular flexibility index (Phi) is 13.2. The molecule has 0 bridgehead atoms. The first kappa shape index (κ1) is 25.9. The van der Waals surface area contributed by atoms with Gasteiger partial charge in [-0.3, -0.25) is 9.59 Å². The molecule has 2 aliphatic rings. The quantitative estimate of drug-likeness (QED) is 0.265. The summed E-state index contributed by atoms with van der Waals surface area (Å²) in [5, 5.41) is 9.44. The van der Waals surface area contributed by atoms with E-state index in [2.05, 4.69) is 16.0 Å². The number of ketones is 2. The molecule has 0 aliphatic carbocycles. The lowest BCUT2D eigenvalue weighted by molar-refractivity contribution is -0.119. The summed E-state index contributed by atoms with van der Waals surface area (Å²) in [5.41, 5.74) is 5.33. The van der Waals surface area contributed by atoms with Crippen LogP contribution in [0.5, 0.6) is 0 Å². The van der Waals surface area contributed by atoms with Crippen molar-refractivity contribution in [2.45, 2.75) is 95.0 Å². The molecule has 0 spiro atoms. The van der Waals surface area contributed by atoms with Crippen LogP contribution in [0.4, 0.5) is 4.79 Å². The van der Waals surface area contributed by atoms with Crippen molar-refractivity contribution in [3.05, 3.63) is 0 Å². The third kappa shape index (κ3) is 9.96. The van der Waals surface area contributed by atoms with Crippen molar-refractivity contribution >= 4 is 29.4 Å². The van der Waals surface area contributed by atoms with Gasteiger partial charge < -0.3 is 21.7 Å². The Morgan fingerprint density at radius 3 is 2.59 bits per heavy atom. The van der Waals surface area contributed by atoms with Gasteiger partial charge in [0.2, 0.25) is 0 Å². The molecule has 168 valence electrons. The average Bonchev–Trinajstić information content (AvgIpc) is 3.22. The maximum Gasteiger partial charge on any atom is 0.315 e. The van der Waals surface area contributed by atoms with Crippen molar-refractivity contribution in [3.8, 4) is 0 Å². The summed E-state index contributed by atoms with van der Waals surface area (Å²) in [6, 6.07) is 0.623. The first-order chi connectivity index (χ1) is 13.9. The summed E-state index contributed by atoms with van der Waals surface area (Å²) < 4.78 is 0. The topological polar surface area (TPSA) is 113 Å². The van der Waals surface area contributed by atoms with Gasteiger partial charge in [0.15, 0.2) is 0 Å². The number of rotatable bonds is 13. The molecule has 0 radical (unpaired) electrons. The zero-order valence-corrected chi connectivity index (χ0v) is 19.1. The average molecular weight is 429 g/mol. The molecule has 29 heavy (non-hydrogen) atoms. The Morgan fingerprint density at radius 1 is 1.21 bits per heavy atom. The fourth-order valence-corrected chi connectivity index (χ4v) is 5.30. The third-order valence-electron chi connectivity index (χ3n) is 5.45. The molecule has 7 nitrogen and oxygen atoms in total. The zero-order valence-electron chi connectivity index (χ0n) is 18.3. The number of amides is 2. The molecule has 2 aliphatic heterocycles. The molecule has 2 heterocycles. The SMILES string of the molecule is CCCC(=O)CCCC[C@@H]1SC[C@@H]2NC(=O)N[C@@H]21.CNC(CCCCN)C(C)=O. The van der Waals surface area contributed by atoms with Gasteiger partial charge >= 0.3 is 6.03 Å². The van der Waals surface area contributed by atoms with E-state index in [0.29, 0.717) is 29.7 Å². The number of nitrogens with two attached hydrogens (primary N) is 1. The number of unbranched alkanes of at least 4 members (excludes halogenated alkanes) is 2. The van der Waals surface area contributed by atoms with Crippen LogP contribution in [0.25, 0.3) is 0 Å². The van der Waals surface area contributed by atoms with Crippen molar-refractivity contribution in [1.82, 2.24) is 16.0 Å². The number of Topliss-reactive ketones (excluding diaryl/α,β-unsaturated/α-hetero) is 2. The van der Waals surface area contributed by atoms with Crippen LogP contribution in [0.2, 0.25) is 0 Å². The van der Waals surface area contributed by atoms with E-state index in [9.17, 15) is 14.4 Å². The van der Waals surface area contributed by atoms with E-state index in [1.54, 1.807) is 6.92 Å². The summed E-state index contributed by atoms with van der Waals surface area (Å²) in [4.78, 5) is 33.5. The maximum absolute atomic E-state index is 11.4. The van der Waals surface area contributed by atoms with Crippen LogP contribution in [0.1, 0.15) is 71.6 Å². The van der Waals surface area contributed by atoms with E-state index in [1.807, 2.05) is 25.7 Å². The van der Waals surface area contributed by atoms with E-state index in [0.717, 1.165) is 63.5 Å². The molecule has 4 atom stereocenters. The molecule has 2 saturated heterocycles. The molecule has 2 rings (SSSR count). The number of likely N-dealkylation sites (N-methyl/N-ethyl adjacent to an activating group) is 1. The highest BCUT2D eigenvalue weighted by Crippen LogP contribution is 2.33. The number of fused-ring (bicyclic) bond motifs is 1. The minimum Gasteiger partial charge on any atom is -0.332 e. The Hall–Kier alpha value is -1.12. The van der Waals surface area contributed by atoms with Crippen LogP contribution in [-0.4, -0.2) is 60.3 Å². The molecule has 2 fully saturated rings. The van der Waals surface area contributed by atoms with Crippen molar-refractivity contribution in [2.75, 3.05) is 19.3 Å². The fourth-order valence-electron chi connectivity index (χ4n) is 3.76. The lowest BCUT2D eigenvalue weighted by atomic mass is 10.0. The predicted octanol–water partition coefficient (Wildman–Crippen LogP) is 2.37. The van der Waals surface area contributed by atoms with Gasteiger partial charge in [0.1, 0.15) is 11.6 Å². The monoisotopic (exact) mass is 428 g/mol. The molecule has 0 aromatic rings. The minimum absolute atomic E-state index is 0.0200. The number of carbonyl (C=O) groups excluding carboxylic acids is 3. The van der Waals surface area contributed by atoms with Crippen molar-refractivity contribution in [3.63, 3.8) is 0 Å². The molecule has 8 heteroatoms. The van der Waals surface area contributed by atoms with E-state index >= 15 is 0 Å². The summed E-state index contributed by atoms with van der Waals surface area (Å²) in [7, 11) is 1.81.